The average molecular weight is 314 g/mol. The standard InChI is InChI=1S/C12H18N4O4S/c1-8-11(6-10(19-8)7-13-3)21(17,18)14-5-4-12-15-9(2)20-16-12/h6,13-14H,4-5,7H2,1-3H3. The fraction of sp³-hybridized carbons (Fsp3) is 0.500. The first-order valence-corrected chi connectivity index (χ1v) is 7.93. The Hall–Kier alpha value is -1.71. The van der Waals surface area contributed by atoms with Crippen LogP contribution in [0.1, 0.15) is 23.2 Å². The van der Waals surface area contributed by atoms with E-state index >= 15 is 0 Å². The summed E-state index contributed by atoms with van der Waals surface area (Å²) in [6, 6.07) is 1.52. The number of aryl methyl sites for hydroxylation is 2. The fourth-order valence-electron chi connectivity index (χ4n) is 1.87. The molecule has 0 amide bonds. The van der Waals surface area contributed by atoms with Crippen molar-refractivity contribution in [1.29, 1.82) is 0 Å². The molecule has 0 bridgehead atoms. The molecule has 116 valence electrons. The first-order valence-electron chi connectivity index (χ1n) is 6.45. The monoisotopic (exact) mass is 314 g/mol. The Morgan fingerprint density at radius 1 is 1.33 bits per heavy atom. The molecule has 0 fully saturated rings. The molecule has 0 unspecified atom stereocenters. The largest absolute Gasteiger partial charge is 0.464 e. The maximum Gasteiger partial charge on any atom is 0.244 e. The Balaban J connectivity index is 2.01. The van der Waals surface area contributed by atoms with E-state index in [1.165, 1.54) is 6.07 Å². The highest BCUT2D eigenvalue weighted by atomic mass is 32.2. The molecule has 8 nitrogen and oxygen atoms in total. The van der Waals surface area contributed by atoms with Gasteiger partial charge in [0, 0.05) is 26.0 Å². The summed E-state index contributed by atoms with van der Waals surface area (Å²) in [7, 11) is -1.85. The molecule has 2 rings (SSSR count). The van der Waals surface area contributed by atoms with E-state index in [0.29, 0.717) is 36.2 Å². The van der Waals surface area contributed by atoms with E-state index < -0.39 is 10.0 Å². The topological polar surface area (TPSA) is 110 Å². The van der Waals surface area contributed by atoms with E-state index in [1.807, 2.05) is 0 Å². The van der Waals surface area contributed by atoms with Crippen molar-refractivity contribution < 1.29 is 17.4 Å². The zero-order chi connectivity index (χ0) is 15.5. The molecule has 2 aromatic heterocycles. The summed E-state index contributed by atoms with van der Waals surface area (Å²) in [5, 5.41) is 6.61. The van der Waals surface area contributed by atoms with Crippen LogP contribution in [0, 0.1) is 13.8 Å². The van der Waals surface area contributed by atoms with Crippen molar-refractivity contribution >= 4 is 10.0 Å². The zero-order valence-electron chi connectivity index (χ0n) is 12.1. The van der Waals surface area contributed by atoms with Gasteiger partial charge in [0.15, 0.2) is 5.82 Å². The van der Waals surface area contributed by atoms with Crippen LogP contribution in [-0.4, -0.2) is 32.2 Å². The van der Waals surface area contributed by atoms with Crippen LogP contribution in [0.4, 0.5) is 0 Å². The molecule has 0 saturated carbocycles. The third kappa shape index (κ3) is 3.90. The Bertz CT molecular complexity index is 705. The molecule has 21 heavy (non-hydrogen) atoms. The number of nitrogens with one attached hydrogen (secondary N) is 2. The lowest BCUT2D eigenvalue weighted by Crippen LogP contribution is -2.26. The average Bonchev–Trinajstić information content (AvgIpc) is 2.96. The quantitative estimate of drug-likeness (QED) is 0.766. The molecule has 0 atom stereocenters. The summed E-state index contributed by atoms with van der Waals surface area (Å²) in [6.07, 6.45) is 0.358. The number of rotatable bonds is 7. The van der Waals surface area contributed by atoms with Gasteiger partial charge in [-0.1, -0.05) is 5.16 Å². The number of hydrogen-bond donors (Lipinski definition) is 2. The van der Waals surface area contributed by atoms with Crippen molar-refractivity contribution in [3.05, 3.63) is 29.3 Å². The number of sulfonamides is 1. The van der Waals surface area contributed by atoms with Crippen molar-refractivity contribution in [1.82, 2.24) is 20.2 Å². The van der Waals surface area contributed by atoms with E-state index in [-0.39, 0.29) is 11.4 Å². The predicted molar refractivity (Wildman–Crippen MR) is 74.1 cm³/mol. The third-order valence-electron chi connectivity index (χ3n) is 2.77. The van der Waals surface area contributed by atoms with Gasteiger partial charge >= 0.3 is 0 Å². The molecule has 2 heterocycles. The van der Waals surface area contributed by atoms with Crippen molar-refractivity contribution in [3.8, 4) is 0 Å². The van der Waals surface area contributed by atoms with Crippen LogP contribution in [0.15, 0.2) is 19.9 Å². The second-order valence-corrected chi connectivity index (χ2v) is 6.28. The van der Waals surface area contributed by atoms with Crippen molar-refractivity contribution in [2.45, 2.75) is 31.7 Å². The van der Waals surface area contributed by atoms with Crippen LogP contribution in [-0.2, 0) is 23.0 Å². The van der Waals surface area contributed by atoms with Crippen LogP contribution in [0.25, 0.3) is 0 Å². The van der Waals surface area contributed by atoms with Crippen LogP contribution in [0.5, 0.6) is 0 Å². The van der Waals surface area contributed by atoms with E-state index in [2.05, 4.69) is 20.2 Å². The molecule has 0 aromatic carbocycles. The molecule has 0 radical (unpaired) electrons. The Kier molecular flexibility index (Phi) is 4.76. The zero-order valence-corrected chi connectivity index (χ0v) is 13.0. The molecule has 9 heteroatoms. The summed E-state index contributed by atoms with van der Waals surface area (Å²) in [5.41, 5.74) is 0. The summed E-state index contributed by atoms with van der Waals surface area (Å²) in [6.45, 7) is 3.96. The molecule has 0 aliphatic carbocycles. The summed E-state index contributed by atoms with van der Waals surface area (Å²) in [4.78, 5) is 4.16. The van der Waals surface area contributed by atoms with Gasteiger partial charge in [0.05, 0.1) is 6.54 Å². The Labute approximate surface area is 123 Å². The van der Waals surface area contributed by atoms with Gasteiger partial charge in [0.25, 0.3) is 0 Å². The third-order valence-corrected chi connectivity index (χ3v) is 4.34. The summed E-state index contributed by atoms with van der Waals surface area (Å²) >= 11 is 0. The van der Waals surface area contributed by atoms with Gasteiger partial charge in [-0.25, -0.2) is 13.1 Å². The number of hydrogen-bond acceptors (Lipinski definition) is 7. The molecule has 0 aliphatic heterocycles. The Morgan fingerprint density at radius 3 is 2.71 bits per heavy atom. The van der Waals surface area contributed by atoms with Gasteiger partial charge in [-0.2, -0.15) is 4.98 Å². The number of aromatic nitrogens is 2. The minimum atomic E-state index is -3.61. The lowest BCUT2D eigenvalue weighted by molar-refractivity contribution is 0.387. The molecular weight excluding hydrogens is 296 g/mol. The SMILES string of the molecule is CNCc1cc(S(=O)(=O)NCCc2noc(C)n2)c(C)o1. The van der Waals surface area contributed by atoms with Gasteiger partial charge in [0.2, 0.25) is 15.9 Å². The molecule has 0 spiro atoms. The van der Waals surface area contributed by atoms with Crippen molar-refractivity contribution in [2.24, 2.45) is 0 Å². The normalized spacial score (nSPS) is 12.0. The number of nitrogens with zero attached hydrogens (tertiary/aromatic N) is 2. The van der Waals surface area contributed by atoms with E-state index in [4.69, 9.17) is 8.94 Å². The van der Waals surface area contributed by atoms with E-state index in [0.717, 1.165) is 0 Å². The van der Waals surface area contributed by atoms with E-state index in [9.17, 15) is 8.42 Å². The highest BCUT2D eigenvalue weighted by Gasteiger charge is 2.21. The lowest BCUT2D eigenvalue weighted by Gasteiger charge is -2.03. The van der Waals surface area contributed by atoms with Gasteiger partial charge < -0.3 is 14.3 Å². The minimum absolute atomic E-state index is 0.150. The van der Waals surface area contributed by atoms with Crippen LogP contribution >= 0.6 is 0 Å². The minimum Gasteiger partial charge on any atom is -0.464 e. The highest BCUT2D eigenvalue weighted by Crippen LogP contribution is 2.19. The van der Waals surface area contributed by atoms with Crippen LogP contribution < -0.4 is 10.0 Å². The fourth-order valence-corrected chi connectivity index (χ4v) is 3.10. The predicted octanol–water partition coefficient (Wildman–Crippen LogP) is 0.520. The Morgan fingerprint density at radius 2 is 2.10 bits per heavy atom. The number of furan rings is 1. The smallest absolute Gasteiger partial charge is 0.244 e. The lowest BCUT2D eigenvalue weighted by atomic mass is 10.4. The van der Waals surface area contributed by atoms with Gasteiger partial charge in [-0.3, -0.25) is 0 Å². The first kappa shape index (κ1) is 15.7. The second kappa shape index (κ2) is 6.37. The van der Waals surface area contributed by atoms with Gasteiger partial charge in [-0.15, -0.1) is 0 Å². The second-order valence-electron chi connectivity index (χ2n) is 4.54. The van der Waals surface area contributed by atoms with Crippen molar-refractivity contribution in [3.63, 3.8) is 0 Å². The molecule has 0 saturated heterocycles. The summed E-state index contributed by atoms with van der Waals surface area (Å²) < 4.78 is 37.1. The van der Waals surface area contributed by atoms with E-state index in [1.54, 1.807) is 20.9 Å². The maximum absolute atomic E-state index is 12.2. The van der Waals surface area contributed by atoms with Crippen molar-refractivity contribution in [2.75, 3.05) is 13.6 Å². The molecular formula is C12H18N4O4S. The van der Waals surface area contributed by atoms with Gasteiger partial charge in [-0.05, 0) is 14.0 Å². The molecule has 2 N–H and O–H groups in total. The highest BCUT2D eigenvalue weighted by molar-refractivity contribution is 7.89. The molecule has 2 aromatic rings. The van der Waals surface area contributed by atoms with Crippen LogP contribution in [0.2, 0.25) is 0 Å². The summed E-state index contributed by atoms with van der Waals surface area (Å²) in [5.74, 6) is 1.86. The van der Waals surface area contributed by atoms with Gasteiger partial charge in [0.1, 0.15) is 16.4 Å². The van der Waals surface area contributed by atoms with Crippen LogP contribution in [0.3, 0.4) is 0 Å². The maximum atomic E-state index is 12.2. The first-order chi connectivity index (χ1) is 9.92. The molecule has 0 aliphatic rings.